The Bertz CT molecular complexity index is 1010. The standard InChI is InChI=1S/C23H28F3N3O4/c1-22(2,3)16-5-4-14(10-17(16)24)27-21(32)20(13-6-8-23(25,26)9-7-13)28-18(30)11-15-12-19(31)29-33-15/h4-5,10,12-13,20H,6-9,11H2,1-3H3,(H,27,32)(H,28,30)(H,29,31). The summed E-state index contributed by atoms with van der Waals surface area (Å²) in [5.74, 6) is -5.33. The molecule has 0 aliphatic heterocycles. The molecule has 3 N–H and O–H groups in total. The number of nitrogens with zero attached hydrogens (tertiary/aromatic N) is 1. The number of carbonyl (C=O) groups is 2. The minimum atomic E-state index is -2.80. The predicted octanol–water partition coefficient (Wildman–Crippen LogP) is 4.31. The smallest absolute Gasteiger partial charge is 0.251 e. The minimum absolute atomic E-state index is 0.0474. The van der Waals surface area contributed by atoms with E-state index < -0.39 is 40.9 Å². The third-order valence-corrected chi connectivity index (χ3v) is 5.76. The second kappa shape index (κ2) is 9.44. The first-order valence-corrected chi connectivity index (χ1v) is 10.8. The fraction of sp³-hybridized carbons (Fsp3) is 0.522. The fourth-order valence-electron chi connectivity index (χ4n) is 3.98. The van der Waals surface area contributed by atoms with Crippen LogP contribution in [-0.4, -0.2) is 34.0 Å². The number of alkyl halides is 2. The Morgan fingerprint density at radius 2 is 1.91 bits per heavy atom. The van der Waals surface area contributed by atoms with Gasteiger partial charge in [-0.15, -0.1) is 0 Å². The maximum absolute atomic E-state index is 14.6. The highest BCUT2D eigenvalue weighted by Gasteiger charge is 2.40. The van der Waals surface area contributed by atoms with Crippen molar-refractivity contribution in [3.63, 3.8) is 0 Å². The van der Waals surface area contributed by atoms with Gasteiger partial charge < -0.3 is 20.3 Å². The second-order valence-corrected chi connectivity index (χ2v) is 9.50. The Labute approximate surface area is 189 Å². The minimum Gasteiger partial charge on any atom is -0.491 e. The molecule has 1 aromatic heterocycles. The van der Waals surface area contributed by atoms with Crippen molar-refractivity contribution < 1.29 is 32.4 Å². The number of benzene rings is 1. The van der Waals surface area contributed by atoms with Crippen LogP contribution in [0.2, 0.25) is 0 Å². The zero-order valence-electron chi connectivity index (χ0n) is 18.8. The molecule has 3 rings (SSSR count). The first-order valence-electron chi connectivity index (χ1n) is 10.8. The number of aromatic hydroxyl groups is 1. The van der Waals surface area contributed by atoms with Gasteiger partial charge >= 0.3 is 0 Å². The molecule has 1 atom stereocenters. The van der Waals surface area contributed by atoms with Gasteiger partial charge in [-0.25, -0.2) is 13.2 Å². The third-order valence-electron chi connectivity index (χ3n) is 5.76. The van der Waals surface area contributed by atoms with Crippen molar-refractivity contribution in [1.29, 1.82) is 0 Å². The summed E-state index contributed by atoms with van der Waals surface area (Å²) in [6.45, 7) is 5.59. The predicted molar refractivity (Wildman–Crippen MR) is 114 cm³/mol. The Kier molecular flexibility index (Phi) is 7.04. The van der Waals surface area contributed by atoms with Crippen molar-refractivity contribution in [3.05, 3.63) is 41.4 Å². The number of nitrogens with one attached hydrogen (secondary N) is 2. The van der Waals surface area contributed by atoms with Gasteiger partial charge in [-0.2, -0.15) is 0 Å². The average Bonchev–Trinajstić information content (AvgIpc) is 3.10. The number of aromatic nitrogens is 1. The maximum Gasteiger partial charge on any atom is 0.251 e. The lowest BCUT2D eigenvalue weighted by Gasteiger charge is -2.33. The molecule has 180 valence electrons. The van der Waals surface area contributed by atoms with Crippen LogP contribution in [0.5, 0.6) is 5.88 Å². The zero-order valence-corrected chi connectivity index (χ0v) is 18.8. The van der Waals surface area contributed by atoms with Gasteiger partial charge in [-0.05, 0) is 47.0 Å². The molecule has 0 spiro atoms. The monoisotopic (exact) mass is 467 g/mol. The molecule has 10 heteroatoms. The van der Waals surface area contributed by atoms with E-state index in [1.807, 2.05) is 20.8 Å². The van der Waals surface area contributed by atoms with E-state index >= 15 is 0 Å². The van der Waals surface area contributed by atoms with Gasteiger partial charge in [-0.1, -0.05) is 26.8 Å². The van der Waals surface area contributed by atoms with Crippen molar-refractivity contribution in [3.8, 4) is 5.88 Å². The number of anilines is 1. The zero-order chi connectivity index (χ0) is 24.4. The highest BCUT2D eigenvalue weighted by molar-refractivity contribution is 5.97. The van der Waals surface area contributed by atoms with Crippen LogP contribution in [0, 0.1) is 11.7 Å². The first kappa shape index (κ1) is 24.6. The number of amides is 2. The lowest BCUT2D eigenvalue weighted by Crippen LogP contribution is -2.50. The molecule has 0 radical (unpaired) electrons. The number of hydrogen-bond donors (Lipinski definition) is 3. The van der Waals surface area contributed by atoms with Gasteiger partial charge in [0, 0.05) is 24.6 Å². The summed E-state index contributed by atoms with van der Waals surface area (Å²) in [4.78, 5) is 25.5. The van der Waals surface area contributed by atoms with Gasteiger partial charge in [0.1, 0.15) is 17.6 Å². The Hall–Kier alpha value is -3.04. The van der Waals surface area contributed by atoms with Crippen LogP contribution >= 0.6 is 0 Å². The highest BCUT2D eigenvalue weighted by atomic mass is 19.3. The summed E-state index contributed by atoms with van der Waals surface area (Å²) in [6, 6.07) is 4.40. The van der Waals surface area contributed by atoms with E-state index in [1.165, 1.54) is 6.07 Å². The molecule has 2 aromatic rings. The first-order chi connectivity index (χ1) is 15.3. The van der Waals surface area contributed by atoms with Crippen molar-refractivity contribution in [1.82, 2.24) is 10.5 Å². The number of rotatable bonds is 6. The molecule has 1 unspecified atom stereocenters. The van der Waals surface area contributed by atoms with Gasteiger partial charge in [0.15, 0.2) is 0 Å². The molecule has 2 amide bonds. The highest BCUT2D eigenvalue weighted by Crippen LogP contribution is 2.38. The third kappa shape index (κ3) is 6.49. The van der Waals surface area contributed by atoms with E-state index in [9.17, 15) is 27.9 Å². The number of halogens is 3. The van der Waals surface area contributed by atoms with E-state index in [1.54, 1.807) is 12.1 Å². The molecule has 0 bridgehead atoms. The summed E-state index contributed by atoms with van der Waals surface area (Å²) in [5, 5.41) is 17.7. The molecule has 1 heterocycles. The Morgan fingerprint density at radius 3 is 2.45 bits per heavy atom. The quantitative estimate of drug-likeness (QED) is 0.587. The number of hydrogen-bond acceptors (Lipinski definition) is 5. The summed E-state index contributed by atoms with van der Waals surface area (Å²) in [6.07, 6.45) is -0.975. The SMILES string of the molecule is CC(C)(C)c1ccc(NC(=O)C(NC(=O)Cc2cc(O)no2)C2CCC(F)(F)CC2)cc1F. The normalized spacial score (nSPS) is 17.4. The summed E-state index contributed by atoms with van der Waals surface area (Å²) >= 11 is 0. The average molecular weight is 467 g/mol. The largest absolute Gasteiger partial charge is 0.491 e. The molecule has 33 heavy (non-hydrogen) atoms. The van der Waals surface area contributed by atoms with Crippen LogP contribution < -0.4 is 10.6 Å². The topological polar surface area (TPSA) is 104 Å². The Balaban J connectivity index is 1.75. The molecule has 1 fully saturated rings. The summed E-state index contributed by atoms with van der Waals surface area (Å²) in [5.41, 5.74) is 0.257. The lowest BCUT2D eigenvalue weighted by molar-refractivity contribution is -0.128. The molecular weight excluding hydrogens is 439 g/mol. The molecule has 1 aromatic carbocycles. The van der Waals surface area contributed by atoms with Crippen LogP contribution in [0.1, 0.15) is 57.8 Å². The van der Waals surface area contributed by atoms with Crippen molar-refractivity contribution in [2.75, 3.05) is 5.32 Å². The van der Waals surface area contributed by atoms with Crippen LogP contribution in [-0.2, 0) is 21.4 Å². The number of carbonyl (C=O) groups excluding carboxylic acids is 2. The van der Waals surface area contributed by atoms with E-state index in [2.05, 4.69) is 15.8 Å². The molecule has 1 saturated carbocycles. The van der Waals surface area contributed by atoms with E-state index in [0.29, 0.717) is 5.56 Å². The van der Waals surface area contributed by atoms with Crippen molar-refractivity contribution in [2.24, 2.45) is 5.92 Å². The van der Waals surface area contributed by atoms with Crippen molar-refractivity contribution >= 4 is 17.5 Å². The second-order valence-electron chi connectivity index (χ2n) is 9.50. The molecule has 1 aliphatic rings. The fourth-order valence-corrected chi connectivity index (χ4v) is 3.98. The maximum atomic E-state index is 14.6. The van der Waals surface area contributed by atoms with Gasteiger partial charge in [-0.3, -0.25) is 9.59 Å². The molecule has 7 nitrogen and oxygen atoms in total. The van der Waals surface area contributed by atoms with E-state index in [0.717, 1.165) is 6.07 Å². The summed E-state index contributed by atoms with van der Waals surface area (Å²) < 4.78 is 46.6. The Morgan fingerprint density at radius 1 is 1.24 bits per heavy atom. The van der Waals surface area contributed by atoms with Crippen molar-refractivity contribution in [2.45, 2.75) is 70.3 Å². The molecular formula is C23H28F3N3O4. The van der Waals surface area contributed by atoms with Gasteiger partial charge in [0.25, 0.3) is 5.88 Å². The molecule has 0 saturated heterocycles. The van der Waals surface area contributed by atoms with Crippen LogP contribution in [0.3, 0.4) is 0 Å². The van der Waals surface area contributed by atoms with Gasteiger partial charge in [0.05, 0.1) is 6.42 Å². The molecule has 1 aliphatic carbocycles. The van der Waals surface area contributed by atoms with Crippen LogP contribution in [0.15, 0.2) is 28.8 Å². The van der Waals surface area contributed by atoms with E-state index in [-0.39, 0.29) is 49.4 Å². The van der Waals surface area contributed by atoms with E-state index in [4.69, 9.17) is 4.52 Å². The van der Waals surface area contributed by atoms with Gasteiger partial charge in [0.2, 0.25) is 17.7 Å². The van der Waals surface area contributed by atoms with Crippen LogP contribution in [0.4, 0.5) is 18.9 Å². The van der Waals surface area contributed by atoms with Crippen LogP contribution in [0.25, 0.3) is 0 Å². The lowest BCUT2D eigenvalue weighted by atomic mass is 9.81. The summed E-state index contributed by atoms with van der Waals surface area (Å²) in [7, 11) is 0.